The molecule has 0 saturated heterocycles. The Hall–Kier alpha value is -2.90. The van der Waals surface area contributed by atoms with Crippen molar-refractivity contribution in [1.82, 2.24) is 10.1 Å². The van der Waals surface area contributed by atoms with Gasteiger partial charge < -0.3 is 9.84 Å². The van der Waals surface area contributed by atoms with E-state index < -0.39 is 23.4 Å². The highest BCUT2D eigenvalue weighted by atomic mass is 19.2. The van der Waals surface area contributed by atoms with E-state index in [4.69, 9.17) is 4.52 Å². The molecule has 3 aromatic rings. The zero-order chi connectivity index (χ0) is 17.7. The third kappa shape index (κ3) is 2.73. The second-order valence-electron chi connectivity index (χ2n) is 6.03. The number of carbonyl (C=O) groups excluding carboxylic acids is 1. The lowest BCUT2D eigenvalue weighted by Crippen LogP contribution is -2.14. The highest BCUT2D eigenvalue weighted by Crippen LogP contribution is 2.40. The first-order valence-electron chi connectivity index (χ1n) is 7.67. The Morgan fingerprint density at radius 3 is 2.52 bits per heavy atom. The molecule has 1 fully saturated rings. The normalized spacial score (nSPS) is 14.1. The van der Waals surface area contributed by atoms with Crippen molar-refractivity contribution < 1.29 is 22.5 Å². The molecule has 2 heterocycles. The minimum absolute atomic E-state index is 0.187. The lowest BCUT2D eigenvalue weighted by atomic mass is 10.1. The molecule has 1 saturated carbocycles. The molecular formula is C17H12F3N3O2. The van der Waals surface area contributed by atoms with Crippen LogP contribution in [0.5, 0.6) is 0 Å². The number of aromatic nitrogens is 2. The summed E-state index contributed by atoms with van der Waals surface area (Å²) in [6.45, 7) is 1.67. The number of carbonyl (C=O) groups is 1. The molecule has 1 aliphatic rings. The summed E-state index contributed by atoms with van der Waals surface area (Å²) in [6.07, 6.45) is 1.95. The van der Waals surface area contributed by atoms with Crippen LogP contribution in [-0.4, -0.2) is 16.0 Å². The molecule has 1 N–H and O–H groups in total. The Morgan fingerprint density at radius 2 is 1.88 bits per heavy atom. The van der Waals surface area contributed by atoms with Gasteiger partial charge in [-0.3, -0.25) is 4.79 Å². The maximum absolute atomic E-state index is 13.3. The first-order chi connectivity index (χ1) is 11.9. The van der Waals surface area contributed by atoms with Crippen LogP contribution >= 0.6 is 0 Å². The van der Waals surface area contributed by atoms with Gasteiger partial charge >= 0.3 is 0 Å². The van der Waals surface area contributed by atoms with Gasteiger partial charge in [-0.2, -0.15) is 0 Å². The van der Waals surface area contributed by atoms with Gasteiger partial charge in [0.05, 0.1) is 16.6 Å². The zero-order valence-electron chi connectivity index (χ0n) is 13.1. The van der Waals surface area contributed by atoms with E-state index in [0.29, 0.717) is 16.8 Å². The molecule has 0 unspecified atom stereocenters. The Kier molecular flexibility index (Phi) is 3.48. The molecule has 1 amide bonds. The van der Waals surface area contributed by atoms with Crippen LogP contribution in [0.25, 0.3) is 11.1 Å². The van der Waals surface area contributed by atoms with Gasteiger partial charge in [0, 0.05) is 29.4 Å². The molecule has 128 valence electrons. The number of nitrogens with one attached hydrogen (secondary N) is 1. The number of fused-ring (bicyclic) bond motifs is 1. The first kappa shape index (κ1) is 15.6. The minimum Gasteiger partial charge on any atom is -0.336 e. The number of benzene rings is 1. The van der Waals surface area contributed by atoms with Gasteiger partial charge in [0.25, 0.3) is 11.6 Å². The smallest absolute Gasteiger partial charge is 0.259 e. The van der Waals surface area contributed by atoms with Crippen molar-refractivity contribution in [1.29, 1.82) is 0 Å². The second kappa shape index (κ2) is 5.58. The van der Waals surface area contributed by atoms with Crippen LogP contribution in [0, 0.1) is 24.4 Å². The van der Waals surface area contributed by atoms with E-state index in [9.17, 15) is 18.0 Å². The SMILES string of the molecule is Cc1noc2nc(C3CC3)cc(C(=O)Nc3cc(F)c(F)c(F)c3)c12. The monoisotopic (exact) mass is 347 g/mol. The fraction of sp³-hybridized carbons (Fsp3) is 0.235. The van der Waals surface area contributed by atoms with Crippen molar-refractivity contribution in [2.24, 2.45) is 0 Å². The van der Waals surface area contributed by atoms with Crippen molar-refractivity contribution in [3.8, 4) is 0 Å². The minimum atomic E-state index is -1.59. The van der Waals surface area contributed by atoms with Crippen molar-refractivity contribution in [3.63, 3.8) is 0 Å². The van der Waals surface area contributed by atoms with Crippen molar-refractivity contribution in [2.75, 3.05) is 5.32 Å². The zero-order valence-corrected chi connectivity index (χ0v) is 13.1. The van der Waals surface area contributed by atoms with Crippen molar-refractivity contribution in [3.05, 3.63) is 52.6 Å². The van der Waals surface area contributed by atoms with Crippen LogP contribution < -0.4 is 5.32 Å². The van der Waals surface area contributed by atoms with Gasteiger partial charge in [0.2, 0.25) is 0 Å². The molecule has 1 aromatic carbocycles. The van der Waals surface area contributed by atoms with Crippen LogP contribution in [0.2, 0.25) is 0 Å². The number of aryl methyl sites for hydroxylation is 1. The molecule has 8 heteroatoms. The van der Waals surface area contributed by atoms with Crippen molar-refractivity contribution >= 4 is 22.7 Å². The predicted molar refractivity (Wildman–Crippen MR) is 82.8 cm³/mol. The van der Waals surface area contributed by atoms with Gasteiger partial charge in [-0.25, -0.2) is 18.2 Å². The fourth-order valence-corrected chi connectivity index (χ4v) is 2.71. The van der Waals surface area contributed by atoms with Gasteiger partial charge in [-0.05, 0) is 25.8 Å². The molecule has 0 aliphatic heterocycles. The molecule has 0 radical (unpaired) electrons. The Bertz CT molecular complexity index is 989. The summed E-state index contributed by atoms with van der Waals surface area (Å²) >= 11 is 0. The first-order valence-corrected chi connectivity index (χ1v) is 7.67. The summed E-state index contributed by atoms with van der Waals surface area (Å²) in [5.41, 5.74) is 1.49. The Morgan fingerprint density at radius 1 is 1.20 bits per heavy atom. The Balaban J connectivity index is 1.75. The lowest BCUT2D eigenvalue weighted by Gasteiger charge is -2.08. The molecule has 5 nitrogen and oxygen atoms in total. The van der Waals surface area contributed by atoms with Gasteiger partial charge in [-0.1, -0.05) is 5.16 Å². The molecule has 0 atom stereocenters. The molecule has 0 spiro atoms. The number of pyridine rings is 1. The fourth-order valence-electron chi connectivity index (χ4n) is 2.71. The summed E-state index contributed by atoms with van der Waals surface area (Å²) < 4.78 is 44.9. The van der Waals surface area contributed by atoms with Gasteiger partial charge in [0.1, 0.15) is 0 Å². The maximum Gasteiger partial charge on any atom is 0.259 e. The third-order valence-corrected chi connectivity index (χ3v) is 4.12. The number of anilines is 1. The number of halogens is 3. The molecular weight excluding hydrogens is 335 g/mol. The van der Waals surface area contributed by atoms with E-state index >= 15 is 0 Å². The van der Waals surface area contributed by atoms with Crippen LogP contribution in [0.3, 0.4) is 0 Å². The summed E-state index contributed by atoms with van der Waals surface area (Å²) in [5.74, 6) is -4.69. The van der Waals surface area contributed by atoms with E-state index in [0.717, 1.165) is 25.0 Å². The van der Waals surface area contributed by atoms with Crippen LogP contribution in [0.15, 0.2) is 22.7 Å². The molecule has 25 heavy (non-hydrogen) atoms. The summed E-state index contributed by atoms with van der Waals surface area (Å²) in [7, 11) is 0. The van der Waals surface area contributed by atoms with Crippen LogP contribution in [0.4, 0.5) is 18.9 Å². The van der Waals surface area contributed by atoms with Gasteiger partial charge in [-0.15, -0.1) is 0 Å². The predicted octanol–water partition coefficient (Wildman–Crippen LogP) is 4.08. The number of nitrogens with zero attached hydrogens (tertiary/aromatic N) is 2. The van der Waals surface area contributed by atoms with Crippen LogP contribution in [-0.2, 0) is 0 Å². The molecule has 4 rings (SSSR count). The number of hydrogen-bond acceptors (Lipinski definition) is 4. The maximum atomic E-state index is 13.3. The topological polar surface area (TPSA) is 68.0 Å². The lowest BCUT2D eigenvalue weighted by molar-refractivity contribution is 0.102. The number of rotatable bonds is 3. The van der Waals surface area contributed by atoms with E-state index in [1.165, 1.54) is 0 Å². The summed E-state index contributed by atoms with van der Waals surface area (Å²) in [5, 5.41) is 6.63. The highest BCUT2D eigenvalue weighted by Gasteiger charge is 2.28. The largest absolute Gasteiger partial charge is 0.336 e. The molecule has 2 aromatic heterocycles. The van der Waals surface area contributed by atoms with E-state index in [1.807, 2.05) is 0 Å². The summed E-state index contributed by atoms with van der Waals surface area (Å²) in [4.78, 5) is 17.0. The standard InChI is InChI=1S/C17H12F3N3O2/c1-7-14-10(6-13(8-2-3-8)22-17(14)25-23-7)16(24)21-9-4-11(18)15(20)12(19)5-9/h4-6,8H,2-3H2,1H3,(H,21,24). The van der Waals surface area contributed by atoms with E-state index in [2.05, 4.69) is 15.5 Å². The average molecular weight is 347 g/mol. The molecule has 1 aliphatic carbocycles. The third-order valence-electron chi connectivity index (χ3n) is 4.12. The highest BCUT2D eigenvalue weighted by molar-refractivity contribution is 6.12. The Labute approximate surface area is 139 Å². The second-order valence-corrected chi connectivity index (χ2v) is 6.03. The van der Waals surface area contributed by atoms with E-state index in [-0.39, 0.29) is 22.9 Å². The van der Waals surface area contributed by atoms with E-state index in [1.54, 1.807) is 13.0 Å². The summed E-state index contributed by atoms with van der Waals surface area (Å²) in [6, 6.07) is 3.07. The number of amides is 1. The average Bonchev–Trinajstić information content (AvgIpc) is 3.36. The van der Waals surface area contributed by atoms with Crippen molar-refractivity contribution in [2.45, 2.75) is 25.7 Å². The van der Waals surface area contributed by atoms with Gasteiger partial charge in [0.15, 0.2) is 17.5 Å². The number of hydrogen-bond donors (Lipinski definition) is 1. The van der Waals surface area contributed by atoms with Crippen LogP contribution in [0.1, 0.15) is 40.5 Å². The molecule has 0 bridgehead atoms. The quantitative estimate of drug-likeness (QED) is 0.725.